The van der Waals surface area contributed by atoms with Crippen LogP contribution in [-0.2, 0) is 59.3 Å². The summed E-state index contributed by atoms with van der Waals surface area (Å²) in [4.78, 5) is 75.5. The number of amides is 4. The minimum atomic E-state index is -1.16. The second-order valence-corrected chi connectivity index (χ2v) is 20.7. The average Bonchev–Trinajstić information content (AvgIpc) is 3.94. The van der Waals surface area contributed by atoms with Crippen LogP contribution in [0.15, 0.2) is 72.8 Å². The van der Waals surface area contributed by atoms with Gasteiger partial charge in [-0.3, -0.25) is 29.0 Å². The molecule has 15 nitrogen and oxygen atoms in total. The number of carbonyl (C=O) groups excluding carboxylic acids is 5. The van der Waals surface area contributed by atoms with E-state index in [9.17, 15) is 29.1 Å². The van der Waals surface area contributed by atoms with Gasteiger partial charge >= 0.3 is 5.97 Å². The molecule has 4 heterocycles. The number of aryl methyl sites for hydroxylation is 1. The second-order valence-electron chi connectivity index (χ2n) is 20.7. The Kier molecular flexibility index (Phi) is 16.6. The minimum Gasteiger partial charge on any atom is -0.508 e. The zero-order valence-corrected chi connectivity index (χ0v) is 42.5. The number of likely N-dealkylation sites (tertiary alicyclic amines) is 1. The third-order valence-electron chi connectivity index (χ3n) is 13.9. The van der Waals surface area contributed by atoms with Crippen molar-refractivity contribution < 1.29 is 38.6 Å². The molecule has 0 unspecified atom stereocenters. The molecule has 3 aromatic carbocycles. The smallest absolute Gasteiger partial charge is 0.324 e. The van der Waals surface area contributed by atoms with Crippen molar-refractivity contribution >= 4 is 40.5 Å². The van der Waals surface area contributed by atoms with E-state index in [0.717, 1.165) is 45.3 Å². The lowest BCUT2D eigenvalue weighted by molar-refractivity contribution is -0.155. The van der Waals surface area contributed by atoms with E-state index in [2.05, 4.69) is 72.5 Å². The zero-order chi connectivity index (χ0) is 50.4. The van der Waals surface area contributed by atoms with E-state index < -0.39 is 47.2 Å². The lowest BCUT2D eigenvalue weighted by Crippen LogP contribution is -2.62. The number of carbonyl (C=O) groups is 5. The van der Waals surface area contributed by atoms with E-state index in [4.69, 9.17) is 9.47 Å². The van der Waals surface area contributed by atoms with Gasteiger partial charge in [-0.05, 0) is 111 Å². The number of phenols is 1. The van der Waals surface area contributed by atoms with Crippen LogP contribution in [0.3, 0.4) is 0 Å². The van der Waals surface area contributed by atoms with Gasteiger partial charge in [0, 0.05) is 81.3 Å². The molecule has 7 rings (SSSR count). The van der Waals surface area contributed by atoms with Gasteiger partial charge in [-0.2, -0.15) is 0 Å². The standard InChI is InChI=1S/C55H73N7O8/c1-10-61-47-20-19-38-31-43(47)44(50(61)42-16-12-11-15-37(42)22-26-69-9)32-55(4,5)34-70-54(68)45-17-13-24-62(57-45)53(67)46(29-36-27-40(38)30-41(63)28-36)56-51(65)49(35(2)3)59(8)52(66)39-21-25-60(33-39)48(64)18-14-23-58(6)7/h11-12,14-16,18-20,27-28,30-31,35,39,45-46,49,57,63H,10,13,17,21-26,29,32-34H2,1-9H3,(H,56,65)/b18-14+/t39-,45-,46-,49-/m0/s1. The maximum Gasteiger partial charge on any atom is 0.324 e. The number of ether oxygens (including phenoxy) is 2. The summed E-state index contributed by atoms with van der Waals surface area (Å²) in [7, 11) is 7.15. The molecule has 0 spiro atoms. The molecule has 6 bridgehead atoms. The molecule has 70 heavy (non-hydrogen) atoms. The SMILES string of the molecule is CCn1c(-c2ccccc2CCOC)c2c3cc(ccc31)-c1cc(O)cc(c1)C[C@H](NC(=O)[C@H](C(C)C)N(C)C(=O)[C@H]1CCN(C(=O)/C=C/CN(C)C)C1)C(=O)N1CCC[C@H](N1)C(=O)OCC(C)(C)C2. The first-order chi connectivity index (χ1) is 33.4. The first-order valence-corrected chi connectivity index (χ1v) is 24.9. The number of hydrogen-bond donors (Lipinski definition) is 3. The second kappa shape index (κ2) is 22.4. The van der Waals surface area contributed by atoms with Gasteiger partial charge in [-0.25, -0.2) is 5.43 Å². The molecule has 4 aromatic rings. The first kappa shape index (κ1) is 51.8. The Morgan fingerprint density at radius 3 is 2.51 bits per heavy atom. The number of benzene rings is 3. The van der Waals surface area contributed by atoms with Crippen molar-refractivity contribution in [2.45, 2.75) is 97.8 Å². The highest BCUT2D eigenvalue weighted by atomic mass is 16.5. The van der Waals surface area contributed by atoms with Gasteiger partial charge in [-0.1, -0.05) is 70.2 Å². The van der Waals surface area contributed by atoms with Crippen LogP contribution in [0.25, 0.3) is 33.3 Å². The van der Waals surface area contributed by atoms with Crippen LogP contribution in [0, 0.1) is 17.3 Å². The molecule has 0 aliphatic carbocycles. The van der Waals surface area contributed by atoms with Gasteiger partial charge in [0.2, 0.25) is 17.7 Å². The number of hydrogen-bond acceptors (Lipinski definition) is 10. The quantitative estimate of drug-likeness (QED) is 0.107. The van der Waals surface area contributed by atoms with Gasteiger partial charge in [0.25, 0.3) is 5.91 Å². The summed E-state index contributed by atoms with van der Waals surface area (Å²) in [5.74, 6) is -2.70. The van der Waals surface area contributed by atoms with Crippen molar-refractivity contribution in [2.24, 2.45) is 17.3 Å². The van der Waals surface area contributed by atoms with Crippen molar-refractivity contribution in [1.82, 2.24) is 35.0 Å². The Balaban J connectivity index is 1.25. The number of likely N-dealkylation sites (N-methyl/N-ethyl adjacent to an activating group) is 2. The number of nitrogens with one attached hydrogen (secondary N) is 2. The third kappa shape index (κ3) is 11.8. The number of rotatable bonds is 13. The first-order valence-electron chi connectivity index (χ1n) is 24.9. The number of hydrazine groups is 1. The highest BCUT2D eigenvalue weighted by molar-refractivity contribution is 5.96. The van der Waals surface area contributed by atoms with Gasteiger partial charge < -0.3 is 39.2 Å². The van der Waals surface area contributed by atoms with E-state index in [1.807, 2.05) is 45.0 Å². The van der Waals surface area contributed by atoms with Crippen molar-refractivity contribution in [1.29, 1.82) is 0 Å². The lowest BCUT2D eigenvalue weighted by Gasteiger charge is -2.37. The summed E-state index contributed by atoms with van der Waals surface area (Å²) < 4.78 is 14.0. The molecule has 3 aliphatic rings. The Hall–Kier alpha value is -6.03. The fourth-order valence-corrected chi connectivity index (χ4v) is 10.4. The molecule has 0 radical (unpaired) electrons. The average molecular weight is 960 g/mol. The Morgan fingerprint density at radius 2 is 1.79 bits per heavy atom. The molecule has 1 aromatic heterocycles. The number of phenolic OH excluding ortho intramolecular Hbond substituents is 1. The van der Waals surface area contributed by atoms with E-state index >= 15 is 0 Å². The van der Waals surface area contributed by atoms with Crippen LogP contribution in [-0.4, -0.2) is 145 Å². The predicted octanol–water partition coefficient (Wildman–Crippen LogP) is 5.99. The van der Waals surface area contributed by atoms with Crippen LogP contribution < -0.4 is 10.7 Å². The van der Waals surface area contributed by atoms with Gasteiger partial charge in [-0.15, -0.1) is 0 Å². The molecule has 4 atom stereocenters. The largest absolute Gasteiger partial charge is 0.508 e. The van der Waals surface area contributed by atoms with Crippen LogP contribution in [0.1, 0.15) is 70.6 Å². The fourth-order valence-electron chi connectivity index (χ4n) is 10.4. The molecule has 3 aliphatic heterocycles. The maximum atomic E-state index is 14.8. The lowest BCUT2D eigenvalue weighted by atomic mass is 9.83. The Labute approximate surface area is 413 Å². The summed E-state index contributed by atoms with van der Waals surface area (Å²) in [6.45, 7) is 13.0. The van der Waals surface area contributed by atoms with Crippen molar-refractivity contribution in [2.75, 3.05) is 67.6 Å². The van der Waals surface area contributed by atoms with Crippen molar-refractivity contribution in [3.63, 3.8) is 0 Å². The van der Waals surface area contributed by atoms with Gasteiger partial charge in [0.1, 0.15) is 23.9 Å². The number of aromatic nitrogens is 1. The molecular weight excluding hydrogens is 887 g/mol. The molecule has 2 saturated heterocycles. The van der Waals surface area contributed by atoms with Crippen LogP contribution in [0.2, 0.25) is 0 Å². The van der Waals surface area contributed by atoms with Crippen molar-refractivity contribution in [3.05, 3.63) is 89.5 Å². The molecule has 376 valence electrons. The molecule has 4 amide bonds. The van der Waals surface area contributed by atoms with E-state index in [1.54, 1.807) is 37.3 Å². The van der Waals surface area contributed by atoms with Crippen molar-refractivity contribution in [3.8, 4) is 28.1 Å². The van der Waals surface area contributed by atoms with Crippen LogP contribution >= 0.6 is 0 Å². The summed E-state index contributed by atoms with van der Waals surface area (Å²) in [6, 6.07) is 17.1. The molecule has 0 saturated carbocycles. The molecule has 2 fully saturated rings. The van der Waals surface area contributed by atoms with E-state index in [-0.39, 0.29) is 49.6 Å². The molecule has 3 N–H and O–H groups in total. The Morgan fingerprint density at radius 1 is 1.01 bits per heavy atom. The summed E-state index contributed by atoms with van der Waals surface area (Å²) in [5.41, 5.74) is 10.4. The Bertz CT molecular complexity index is 2600. The normalized spacial score (nSPS) is 20.2. The molecular formula is C55H73N7O8. The number of nitrogens with zero attached hydrogens (tertiary/aromatic N) is 5. The van der Waals surface area contributed by atoms with E-state index in [1.165, 1.54) is 21.5 Å². The summed E-state index contributed by atoms with van der Waals surface area (Å²) >= 11 is 0. The van der Waals surface area contributed by atoms with Gasteiger partial charge in [0.05, 0.1) is 24.8 Å². The fraction of sp³-hybridized carbons (Fsp3) is 0.509. The maximum absolute atomic E-state index is 14.8. The number of methoxy groups -OCH3 is 1. The van der Waals surface area contributed by atoms with Gasteiger partial charge in [0.15, 0.2) is 0 Å². The topological polar surface area (TPSA) is 166 Å². The third-order valence-corrected chi connectivity index (χ3v) is 13.9. The summed E-state index contributed by atoms with van der Waals surface area (Å²) in [6.07, 6.45) is 6.08. The van der Waals surface area contributed by atoms with Crippen LogP contribution in [0.4, 0.5) is 0 Å². The highest BCUT2D eigenvalue weighted by Crippen LogP contribution is 2.41. The monoisotopic (exact) mass is 960 g/mol. The highest BCUT2D eigenvalue weighted by Gasteiger charge is 2.40. The molecule has 15 heteroatoms. The van der Waals surface area contributed by atoms with E-state index in [0.29, 0.717) is 57.5 Å². The number of cyclic esters (lactones) is 1. The number of aromatic hydroxyl groups is 1. The number of fused-ring (bicyclic) bond motifs is 6. The number of esters is 1. The van der Waals surface area contributed by atoms with Crippen LogP contribution in [0.5, 0.6) is 5.75 Å². The predicted molar refractivity (Wildman–Crippen MR) is 271 cm³/mol. The summed E-state index contributed by atoms with van der Waals surface area (Å²) in [5, 5.41) is 16.8. The zero-order valence-electron chi connectivity index (χ0n) is 42.5. The minimum absolute atomic E-state index is 0.000912.